The van der Waals surface area contributed by atoms with Gasteiger partial charge in [-0.25, -0.2) is 0 Å². The van der Waals surface area contributed by atoms with Gasteiger partial charge in [0.1, 0.15) is 12.4 Å². The molecule has 3 atom stereocenters. The summed E-state index contributed by atoms with van der Waals surface area (Å²) in [5, 5.41) is 18.4. The fraction of sp³-hybridized carbons (Fsp3) is 0.423. The lowest BCUT2D eigenvalue weighted by molar-refractivity contribution is -0.142. The van der Waals surface area contributed by atoms with Crippen molar-refractivity contribution in [2.75, 3.05) is 13.2 Å². The Morgan fingerprint density at radius 3 is 2.69 bits per heavy atom. The molecule has 1 amide bonds. The third-order valence-corrected chi connectivity index (χ3v) is 6.49. The first-order valence-corrected chi connectivity index (χ1v) is 11.2. The number of rotatable bonds is 9. The average molecular weight is 433 g/mol. The van der Waals surface area contributed by atoms with Crippen molar-refractivity contribution in [3.05, 3.63) is 65.2 Å². The Labute approximate surface area is 188 Å². The number of aliphatic carboxylic acids is 1. The zero-order valence-corrected chi connectivity index (χ0v) is 18.1. The van der Waals surface area contributed by atoms with E-state index in [1.807, 2.05) is 41.3 Å². The van der Waals surface area contributed by atoms with Gasteiger partial charge < -0.3 is 14.7 Å². The predicted octanol–water partition coefficient (Wildman–Crippen LogP) is 3.63. The van der Waals surface area contributed by atoms with E-state index in [-0.39, 0.29) is 24.3 Å². The largest absolute Gasteiger partial charge is 0.491 e. The highest BCUT2D eigenvalue weighted by Gasteiger charge is 2.40. The van der Waals surface area contributed by atoms with Crippen LogP contribution in [0.2, 0.25) is 0 Å². The molecule has 1 saturated heterocycles. The second kappa shape index (κ2) is 9.86. The Kier molecular flexibility index (Phi) is 6.75. The van der Waals surface area contributed by atoms with E-state index < -0.39 is 11.9 Å². The van der Waals surface area contributed by atoms with E-state index in [2.05, 4.69) is 18.2 Å². The molecule has 0 saturated carbocycles. The maximum absolute atomic E-state index is 12.9. The minimum Gasteiger partial charge on any atom is -0.491 e. The SMILES string of the molecule is N#CC1Cc2ccc(OC[C@@H]3C[C@@H](CC(=O)O)C(=O)N3CCCc3ccccc3)cc2C1. The summed E-state index contributed by atoms with van der Waals surface area (Å²) in [6.45, 7) is 0.930. The zero-order valence-electron chi connectivity index (χ0n) is 18.1. The number of nitriles is 1. The molecule has 2 aromatic carbocycles. The van der Waals surface area contributed by atoms with E-state index >= 15 is 0 Å². The van der Waals surface area contributed by atoms with E-state index in [0.717, 1.165) is 37.0 Å². The quantitative estimate of drug-likeness (QED) is 0.653. The van der Waals surface area contributed by atoms with Crippen LogP contribution in [-0.2, 0) is 28.9 Å². The van der Waals surface area contributed by atoms with Crippen LogP contribution in [0.3, 0.4) is 0 Å². The second-order valence-electron chi connectivity index (χ2n) is 8.78. The number of fused-ring (bicyclic) bond motifs is 1. The third-order valence-electron chi connectivity index (χ3n) is 6.49. The first kappa shape index (κ1) is 21.9. The van der Waals surface area contributed by atoms with Gasteiger partial charge in [-0.15, -0.1) is 0 Å². The van der Waals surface area contributed by atoms with Gasteiger partial charge in [0.15, 0.2) is 0 Å². The number of nitrogens with zero attached hydrogens (tertiary/aromatic N) is 2. The van der Waals surface area contributed by atoms with Gasteiger partial charge >= 0.3 is 5.97 Å². The molecule has 166 valence electrons. The number of carbonyl (C=O) groups excluding carboxylic acids is 1. The minimum atomic E-state index is -0.945. The number of hydrogen-bond acceptors (Lipinski definition) is 4. The van der Waals surface area contributed by atoms with Crippen LogP contribution in [0.25, 0.3) is 0 Å². The molecule has 0 spiro atoms. The molecule has 2 aliphatic rings. The molecule has 1 N–H and O–H groups in total. The molecule has 0 radical (unpaired) electrons. The van der Waals surface area contributed by atoms with Crippen LogP contribution >= 0.6 is 0 Å². The van der Waals surface area contributed by atoms with E-state index in [1.165, 1.54) is 11.1 Å². The van der Waals surface area contributed by atoms with Crippen LogP contribution in [0.5, 0.6) is 5.75 Å². The van der Waals surface area contributed by atoms with E-state index in [9.17, 15) is 20.0 Å². The molecule has 32 heavy (non-hydrogen) atoms. The Morgan fingerprint density at radius 2 is 1.94 bits per heavy atom. The Hall–Kier alpha value is -3.33. The van der Waals surface area contributed by atoms with E-state index in [4.69, 9.17) is 4.74 Å². The number of amides is 1. The summed E-state index contributed by atoms with van der Waals surface area (Å²) >= 11 is 0. The number of hydrogen-bond donors (Lipinski definition) is 1. The fourth-order valence-electron chi connectivity index (χ4n) is 4.87. The summed E-state index contributed by atoms with van der Waals surface area (Å²) in [4.78, 5) is 25.9. The molecule has 6 nitrogen and oxygen atoms in total. The number of aryl methyl sites for hydroxylation is 1. The summed E-state index contributed by atoms with van der Waals surface area (Å²) in [7, 11) is 0. The van der Waals surface area contributed by atoms with Crippen molar-refractivity contribution < 1.29 is 19.4 Å². The smallest absolute Gasteiger partial charge is 0.304 e. The lowest BCUT2D eigenvalue weighted by Crippen LogP contribution is -2.38. The molecular formula is C26H28N2O4. The summed E-state index contributed by atoms with van der Waals surface area (Å²) in [6, 6.07) is 18.3. The number of carbonyl (C=O) groups is 2. The van der Waals surface area contributed by atoms with Gasteiger partial charge in [-0.2, -0.15) is 5.26 Å². The molecular weight excluding hydrogens is 404 g/mol. The summed E-state index contributed by atoms with van der Waals surface area (Å²) in [5.41, 5.74) is 3.58. The van der Waals surface area contributed by atoms with Crippen molar-refractivity contribution >= 4 is 11.9 Å². The zero-order chi connectivity index (χ0) is 22.5. The van der Waals surface area contributed by atoms with Crippen molar-refractivity contribution in [1.82, 2.24) is 4.90 Å². The molecule has 1 unspecified atom stereocenters. The van der Waals surface area contributed by atoms with Gasteiger partial charge in [-0.1, -0.05) is 36.4 Å². The number of ether oxygens (including phenoxy) is 1. The Morgan fingerprint density at radius 1 is 1.16 bits per heavy atom. The minimum absolute atomic E-state index is 0.0320. The van der Waals surface area contributed by atoms with Gasteiger partial charge in [0, 0.05) is 6.54 Å². The molecule has 6 heteroatoms. The normalized spacial score (nSPS) is 21.9. The van der Waals surface area contributed by atoms with Crippen molar-refractivity contribution in [3.63, 3.8) is 0 Å². The summed E-state index contributed by atoms with van der Waals surface area (Å²) in [6.07, 6.45) is 3.58. The van der Waals surface area contributed by atoms with Crippen molar-refractivity contribution in [2.24, 2.45) is 11.8 Å². The first-order chi connectivity index (χ1) is 15.5. The molecule has 1 fully saturated rings. The van der Waals surface area contributed by atoms with Gasteiger partial charge in [0.25, 0.3) is 0 Å². The Bertz CT molecular complexity index is 1010. The van der Waals surface area contributed by atoms with Gasteiger partial charge in [0.05, 0.1) is 30.4 Å². The maximum Gasteiger partial charge on any atom is 0.304 e. The van der Waals surface area contributed by atoms with Crippen LogP contribution in [0.4, 0.5) is 0 Å². The van der Waals surface area contributed by atoms with Gasteiger partial charge in [0.2, 0.25) is 5.91 Å². The number of carboxylic acid groups (broad SMARTS) is 1. The highest BCUT2D eigenvalue weighted by molar-refractivity contribution is 5.85. The predicted molar refractivity (Wildman–Crippen MR) is 119 cm³/mol. The van der Waals surface area contributed by atoms with Gasteiger partial charge in [-0.05, 0) is 60.9 Å². The van der Waals surface area contributed by atoms with Gasteiger partial charge in [-0.3, -0.25) is 9.59 Å². The molecule has 1 heterocycles. The molecule has 1 aliphatic heterocycles. The van der Waals surface area contributed by atoms with E-state index in [0.29, 0.717) is 19.6 Å². The molecule has 4 rings (SSSR count). The molecule has 1 aliphatic carbocycles. The van der Waals surface area contributed by atoms with E-state index in [1.54, 1.807) is 0 Å². The average Bonchev–Trinajstić information content (AvgIpc) is 3.33. The highest BCUT2D eigenvalue weighted by Crippen LogP contribution is 2.31. The maximum atomic E-state index is 12.9. The highest BCUT2D eigenvalue weighted by atomic mass is 16.5. The topological polar surface area (TPSA) is 90.6 Å². The standard InChI is InChI=1S/C26H28N2O4/c27-16-19-11-20-8-9-24(14-21(20)12-19)32-17-23-13-22(15-25(29)30)26(31)28(23)10-4-7-18-5-2-1-3-6-18/h1-3,5-6,8-9,14,19,22-23H,4,7,10-13,15,17H2,(H,29,30)/t19?,22-,23-/m0/s1. The number of carboxylic acids is 1. The van der Waals surface area contributed by atoms with Crippen molar-refractivity contribution in [3.8, 4) is 11.8 Å². The summed E-state index contributed by atoms with van der Waals surface area (Å²) in [5.74, 6) is -0.751. The Balaban J connectivity index is 1.38. The lowest BCUT2D eigenvalue weighted by atomic mass is 10.0. The monoisotopic (exact) mass is 432 g/mol. The van der Waals surface area contributed by atoms with Crippen LogP contribution in [0, 0.1) is 23.2 Å². The lowest BCUT2D eigenvalue weighted by Gasteiger charge is -2.25. The summed E-state index contributed by atoms with van der Waals surface area (Å²) < 4.78 is 6.06. The molecule has 0 bridgehead atoms. The number of benzene rings is 2. The first-order valence-electron chi connectivity index (χ1n) is 11.2. The van der Waals surface area contributed by atoms with Crippen LogP contribution in [0.15, 0.2) is 48.5 Å². The second-order valence-corrected chi connectivity index (χ2v) is 8.78. The van der Waals surface area contributed by atoms with Crippen LogP contribution in [-0.4, -0.2) is 41.1 Å². The fourth-order valence-corrected chi connectivity index (χ4v) is 4.87. The number of likely N-dealkylation sites (tertiary alicyclic amines) is 1. The van der Waals surface area contributed by atoms with Crippen LogP contribution in [0.1, 0.15) is 36.0 Å². The third kappa shape index (κ3) is 5.11. The van der Waals surface area contributed by atoms with Crippen molar-refractivity contribution in [2.45, 2.75) is 44.6 Å². The van der Waals surface area contributed by atoms with Crippen LogP contribution < -0.4 is 4.74 Å². The molecule has 2 aromatic rings. The molecule has 0 aromatic heterocycles. The van der Waals surface area contributed by atoms with Crippen molar-refractivity contribution in [1.29, 1.82) is 5.26 Å².